The van der Waals surface area contributed by atoms with Crippen LogP contribution in [0.25, 0.3) is 0 Å². The summed E-state index contributed by atoms with van der Waals surface area (Å²) in [6, 6.07) is 7.97. The maximum Gasteiger partial charge on any atom is 0.254 e. The van der Waals surface area contributed by atoms with E-state index in [1.165, 1.54) is 12.8 Å². The van der Waals surface area contributed by atoms with Crippen LogP contribution in [0, 0.1) is 17.8 Å². The molecule has 1 heterocycles. The van der Waals surface area contributed by atoms with Crippen molar-refractivity contribution in [3.63, 3.8) is 0 Å². The predicted octanol–water partition coefficient (Wildman–Crippen LogP) is 3.79. The second kappa shape index (κ2) is 8.24. The molecule has 2 amide bonds. The second-order valence-corrected chi connectivity index (χ2v) is 9.11. The number of carbonyl (C=O) groups is 2. The minimum absolute atomic E-state index is 0.0607. The number of nitrogens with one attached hydrogen (secondary N) is 1. The highest BCUT2D eigenvalue weighted by atomic mass is 16.2. The van der Waals surface area contributed by atoms with Gasteiger partial charge in [-0.1, -0.05) is 6.42 Å². The van der Waals surface area contributed by atoms with Gasteiger partial charge in [-0.05, 0) is 88.0 Å². The fourth-order valence-corrected chi connectivity index (χ4v) is 5.51. The topological polar surface area (TPSA) is 75.4 Å². The van der Waals surface area contributed by atoms with Gasteiger partial charge in [0.05, 0.1) is 0 Å². The summed E-state index contributed by atoms with van der Waals surface area (Å²) in [7, 11) is 0. The minimum atomic E-state index is 0.0607. The first-order chi connectivity index (χ1) is 13.5. The van der Waals surface area contributed by atoms with Crippen molar-refractivity contribution in [1.29, 1.82) is 0 Å². The van der Waals surface area contributed by atoms with E-state index >= 15 is 0 Å². The molecule has 3 aliphatic rings. The zero-order valence-corrected chi connectivity index (χ0v) is 16.9. The first-order valence-corrected chi connectivity index (χ1v) is 11.0. The summed E-state index contributed by atoms with van der Waals surface area (Å²) in [5, 5.41) is 3.07. The molecule has 0 radical (unpaired) electrons. The van der Waals surface area contributed by atoms with Crippen molar-refractivity contribution in [1.82, 2.24) is 4.90 Å². The minimum Gasteiger partial charge on any atom is -0.336 e. The number of piperidine rings is 1. The molecular formula is C23H33N3O2. The molecule has 1 saturated heterocycles. The van der Waals surface area contributed by atoms with Crippen LogP contribution in [0.5, 0.6) is 0 Å². The molecule has 5 heteroatoms. The largest absolute Gasteiger partial charge is 0.336 e. The number of hydrogen-bond acceptors (Lipinski definition) is 3. The lowest BCUT2D eigenvalue weighted by Gasteiger charge is -2.43. The molecule has 28 heavy (non-hydrogen) atoms. The summed E-state index contributed by atoms with van der Waals surface area (Å²) < 4.78 is 0. The van der Waals surface area contributed by atoms with Crippen LogP contribution in [0.1, 0.15) is 68.6 Å². The highest BCUT2D eigenvalue weighted by Crippen LogP contribution is 2.42. The molecular weight excluding hydrogens is 350 g/mol. The van der Waals surface area contributed by atoms with E-state index in [1.807, 2.05) is 29.2 Å². The van der Waals surface area contributed by atoms with Gasteiger partial charge >= 0.3 is 0 Å². The highest BCUT2D eigenvalue weighted by Gasteiger charge is 2.40. The highest BCUT2D eigenvalue weighted by molar-refractivity contribution is 5.96. The van der Waals surface area contributed by atoms with Crippen molar-refractivity contribution >= 4 is 17.5 Å². The quantitative estimate of drug-likeness (QED) is 0.834. The predicted molar refractivity (Wildman–Crippen MR) is 111 cm³/mol. The molecule has 152 valence electrons. The van der Waals surface area contributed by atoms with Gasteiger partial charge in [-0.25, -0.2) is 0 Å². The molecule has 1 aromatic carbocycles. The number of rotatable bonds is 3. The van der Waals surface area contributed by atoms with Gasteiger partial charge in [-0.3, -0.25) is 9.59 Å². The average Bonchev–Trinajstić information content (AvgIpc) is 2.68. The number of hydrogen-bond donors (Lipinski definition) is 2. The van der Waals surface area contributed by atoms with Gasteiger partial charge in [0.25, 0.3) is 5.91 Å². The SMILES string of the molecule is CC1CCCCN1C(=O)c1ccc(NC(=O)C2CC3CCCC(C2)C3N)cc1. The van der Waals surface area contributed by atoms with Gasteiger partial charge < -0.3 is 16.0 Å². The number of amides is 2. The van der Waals surface area contributed by atoms with E-state index in [4.69, 9.17) is 5.73 Å². The molecule has 1 aliphatic heterocycles. The third-order valence-corrected chi connectivity index (χ3v) is 7.25. The van der Waals surface area contributed by atoms with E-state index in [-0.39, 0.29) is 23.8 Å². The van der Waals surface area contributed by atoms with Crippen molar-refractivity contribution in [2.75, 3.05) is 11.9 Å². The zero-order chi connectivity index (χ0) is 19.7. The summed E-state index contributed by atoms with van der Waals surface area (Å²) >= 11 is 0. The third-order valence-electron chi connectivity index (χ3n) is 7.25. The Hall–Kier alpha value is -1.88. The van der Waals surface area contributed by atoms with E-state index in [1.54, 1.807) is 0 Å². The third kappa shape index (κ3) is 3.95. The number of benzene rings is 1. The number of carbonyl (C=O) groups excluding carboxylic acids is 2. The summed E-state index contributed by atoms with van der Waals surface area (Å²) in [6.45, 7) is 2.96. The molecule has 2 aliphatic carbocycles. The molecule has 4 rings (SSSR count). The van der Waals surface area contributed by atoms with Crippen molar-refractivity contribution in [2.24, 2.45) is 23.5 Å². The number of nitrogens with zero attached hydrogens (tertiary/aromatic N) is 1. The van der Waals surface area contributed by atoms with Gasteiger partial charge in [0.2, 0.25) is 5.91 Å². The number of anilines is 1. The Balaban J connectivity index is 1.36. The van der Waals surface area contributed by atoms with Crippen molar-refractivity contribution in [2.45, 2.75) is 70.4 Å². The van der Waals surface area contributed by atoms with Gasteiger partial charge in [0.1, 0.15) is 0 Å². The van der Waals surface area contributed by atoms with Gasteiger partial charge in [0.15, 0.2) is 0 Å². The van der Waals surface area contributed by atoms with Crippen molar-refractivity contribution < 1.29 is 9.59 Å². The van der Waals surface area contributed by atoms with Crippen LogP contribution in [0.2, 0.25) is 0 Å². The zero-order valence-electron chi connectivity index (χ0n) is 16.9. The first kappa shape index (κ1) is 19.4. The second-order valence-electron chi connectivity index (χ2n) is 9.11. The molecule has 3 fully saturated rings. The lowest BCUT2D eigenvalue weighted by atomic mass is 9.65. The monoisotopic (exact) mass is 383 g/mol. The van der Waals surface area contributed by atoms with E-state index in [0.29, 0.717) is 23.4 Å². The lowest BCUT2D eigenvalue weighted by Crippen LogP contribution is -2.48. The van der Waals surface area contributed by atoms with E-state index < -0.39 is 0 Å². The average molecular weight is 384 g/mol. The summed E-state index contributed by atoms with van der Waals surface area (Å²) in [5.41, 5.74) is 7.82. The Labute approximate surface area is 168 Å². The lowest BCUT2D eigenvalue weighted by molar-refractivity contribution is -0.122. The van der Waals surface area contributed by atoms with Gasteiger partial charge in [-0.15, -0.1) is 0 Å². The molecule has 3 N–H and O–H groups in total. The van der Waals surface area contributed by atoms with Gasteiger partial charge in [0, 0.05) is 35.8 Å². The van der Waals surface area contributed by atoms with Crippen molar-refractivity contribution in [3.05, 3.63) is 29.8 Å². The standard InChI is InChI=1S/C23H33N3O2/c1-15-5-2-3-12-26(15)23(28)16-8-10-20(11-9-16)25-22(27)19-13-17-6-4-7-18(14-19)21(17)24/h8-11,15,17-19,21H,2-7,12-14,24H2,1H3,(H,25,27). The molecule has 3 atom stereocenters. The van der Waals surface area contributed by atoms with Gasteiger partial charge in [-0.2, -0.15) is 0 Å². The fraction of sp³-hybridized carbons (Fsp3) is 0.652. The number of nitrogens with two attached hydrogens (primary N) is 1. The molecule has 2 bridgehead atoms. The Bertz CT molecular complexity index is 703. The normalized spacial score (nSPS) is 32.6. The molecule has 3 unspecified atom stereocenters. The van der Waals surface area contributed by atoms with Crippen LogP contribution >= 0.6 is 0 Å². The Morgan fingerprint density at radius 1 is 1.00 bits per heavy atom. The van der Waals surface area contributed by atoms with Crippen LogP contribution in [-0.2, 0) is 4.79 Å². The van der Waals surface area contributed by atoms with Crippen LogP contribution in [0.3, 0.4) is 0 Å². The molecule has 2 saturated carbocycles. The Kier molecular flexibility index (Phi) is 5.72. The number of likely N-dealkylation sites (tertiary alicyclic amines) is 1. The van der Waals surface area contributed by atoms with Crippen molar-refractivity contribution in [3.8, 4) is 0 Å². The van der Waals surface area contributed by atoms with Crippen LogP contribution in [0.15, 0.2) is 24.3 Å². The first-order valence-electron chi connectivity index (χ1n) is 11.0. The maximum absolute atomic E-state index is 12.8. The molecule has 5 nitrogen and oxygen atoms in total. The summed E-state index contributed by atoms with van der Waals surface area (Å²) in [5.74, 6) is 1.25. The molecule has 0 spiro atoms. The Morgan fingerprint density at radius 3 is 2.32 bits per heavy atom. The van der Waals surface area contributed by atoms with Crippen LogP contribution < -0.4 is 11.1 Å². The Morgan fingerprint density at radius 2 is 1.68 bits per heavy atom. The van der Waals surface area contributed by atoms with Crippen LogP contribution in [0.4, 0.5) is 5.69 Å². The number of fused-ring (bicyclic) bond motifs is 2. The van der Waals surface area contributed by atoms with Crippen LogP contribution in [-0.4, -0.2) is 35.3 Å². The summed E-state index contributed by atoms with van der Waals surface area (Å²) in [6.07, 6.45) is 8.75. The molecule has 0 aromatic heterocycles. The van der Waals surface area contributed by atoms with E-state index in [2.05, 4.69) is 12.2 Å². The molecule has 1 aromatic rings. The smallest absolute Gasteiger partial charge is 0.254 e. The maximum atomic E-state index is 12.8. The van der Waals surface area contributed by atoms with E-state index in [9.17, 15) is 9.59 Å². The van der Waals surface area contributed by atoms with E-state index in [0.717, 1.165) is 50.8 Å². The fourth-order valence-electron chi connectivity index (χ4n) is 5.51. The summed E-state index contributed by atoms with van der Waals surface area (Å²) in [4.78, 5) is 27.5.